The average Bonchev–Trinajstić information content (AvgIpc) is 2.68. The molecule has 0 amide bonds. The van der Waals surface area contributed by atoms with E-state index >= 15 is 0 Å². The molecule has 1 aromatic heterocycles. The molecular weight excluding hydrogens is 324 g/mol. The van der Waals surface area contributed by atoms with Crippen LogP contribution in [-0.4, -0.2) is 28.8 Å². The fourth-order valence-corrected chi connectivity index (χ4v) is 3.43. The fraction of sp³-hybridized carbons (Fsp3) is 0.429. The van der Waals surface area contributed by atoms with Gasteiger partial charge in [-0.1, -0.05) is 12.1 Å². The van der Waals surface area contributed by atoms with Gasteiger partial charge < -0.3 is 4.90 Å². The van der Waals surface area contributed by atoms with E-state index < -0.39 is 0 Å². The minimum Gasteiger partial charge on any atom is -0.340 e. The third kappa shape index (κ3) is 4.66. The number of ketones is 1. The van der Waals surface area contributed by atoms with Gasteiger partial charge in [0.05, 0.1) is 11.6 Å². The number of hydrogen-bond donors (Lipinski definition) is 0. The first-order chi connectivity index (χ1) is 12.7. The minimum absolute atomic E-state index is 0.0776. The van der Waals surface area contributed by atoms with Crippen LogP contribution in [0.3, 0.4) is 0 Å². The number of carbonyl (C=O) groups excluding carboxylic acids is 1. The maximum absolute atomic E-state index is 12.6. The lowest BCUT2D eigenvalue weighted by molar-refractivity contribution is -0.123. The van der Waals surface area contributed by atoms with Crippen molar-refractivity contribution in [3.63, 3.8) is 0 Å². The number of piperidine rings is 1. The predicted octanol–water partition coefficient (Wildman–Crippen LogP) is 3.47. The second kappa shape index (κ2) is 8.57. The first-order valence-corrected chi connectivity index (χ1v) is 9.22. The van der Waals surface area contributed by atoms with E-state index in [9.17, 15) is 4.79 Å². The highest BCUT2D eigenvalue weighted by molar-refractivity contribution is 5.81. The molecule has 26 heavy (non-hydrogen) atoms. The topological polar surface area (TPSA) is 69.9 Å². The van der Waals surface area contributed by atoms with Gasteiger partial charge in [0.25, 0.3) is 0 Å². The Morgan fingerprint density at radius 1 is 1.31 bits per heavy atom. The summed E-state index contributed by atoms with van der Waals surface area (Å²) < 4.78 is 0. The molecule has 1 saturated heterocycles. The van der Waals surface area contributed by atoms with Gasteiger partial charge in [0.15, 0.2) is 0 Å². The fourth-order valence-electron chi connectivity index (χ4n) is 3.43. The Balaban J connectivity index is 1.50. The zero-order valence-electron chi connectivity index (χ0n) is 15.2. The summed E-state index contributed by atoms with van der Waals surface area (Å²) in [6, 6.07) is 11.6. The van der Waals surface area contributed by atoms with E-state index in [1.807, 2.05) is 37.3 Å². The van der Waals surface area contributed by atoms with Crippen molar-refractivity contribution in [2.75, 3.05) is 18.0 Å². The smallest absolute Gasteiger partial charge is 0.225 e. The van der Waals surface area contributed by atoms with Crippen molar-refractivity contribution in [3.8, 4) is 6.07 Å². The molecule has 0 saturated carbocycles. The first-order valence-electron chi connectivity index (χ1n) is 9.22. The molecule has 3 rings (SSSR count). The molecule has 1 aliphatic heterocycles. The number of benzene rings is 1. The maximum atomic E-state index is 12.6. The molecule has 134 valence electrons. The lowest BCUT2D eigenvalue weighted by Gasteiger charge is -2.32. The molecule has 0 aliphatic carbocycles. The second-order valence-electron chi connectivity index (χ2n) is 6.91. The van der Waals surface area contributed by atoms with E-state index in [0.717, 1.165) is 50.4 Å². The third-order valence-corrected chi connectivity index (χ3v) is 4.91. The quantitative estimate of drug-likeness (QED) is 0.799. The molecule has 2 heterocycles. The van der Waals surface area contributed by atoms with Crippen molar-refractivity contribution < 1.29 is 4.79 Å². The molecule has 2 aromatic rings. The number of anilines is 1. The Hall–Kier alpha value is -2.74. The second-order valence-corrected chi connectivity index (χ2v) is 6.91. The van der Waals surface area contributed by atoms with Crippen molar-refractivity contribution in [3.05, 3.63) is 53.3 Å². The van der Waals surface area contributed by atoms with Gasteiger partial charge in [-0.25, -0.2) is 9.97 Å². The number of nitrogens with zero attached hydrogens (tertiary/aromatic N) is 4. The molecule has 5 nitrogen and oxygen atoms in total. The maximum Gasteiger partial charge on any atom is 0.225 e. The predicted molar refractivity (Wildman–Crippen MR) is 101 cm³/mol. The third-order valence-electron chi connectivity index (χ3n) is 4.91. The highest BCUT2D eigenvalue weighted by Gasteiger charge is 2.26. The summed E-state index contributed by atoms with van der Waals surface area (Å²) in [4.78, 5) is 23.6. The van der Waals surface area contributed by atoms with Crippen molar-refractivity contribution in [1.29, 1.82) is 5.26 Å². The number of rotatable bonds is 6. The van der Waals surface area contributed by atoms with Crippen LogP contribution in [-0.2, 0) is 11.2 Å². The number of Topliss-reactive ketones (excluding diaryl/α,β-unsaturated/α-hetero) is 1. The highest BCUT2D eigenvalue weighted by Crippen LogP contribution is 2.22. The Morgan fingerprint density at radius 3 is 2.85 bits per heavy atom. The van der Waals surface area contributed by atoms with Gasteiger partial charge in [-0.2, -0.15) is 5.26 Å². The van der Waals surface area contributed by atoms with Gasteiger partial charge in [0.1, 0.15) is 5.78 Å². The molecule has 1 atom stereocenters. The summed E-state index contributed by atoms with van der Waals surface area (Å²) in [7, 11) is 0. The van der Waals surface area contributed by atoms with Gasteiger partial charge in [-0.05, 0) is 56.4 Å². The van der Waals surface area contributed by atoms with E-state index in [-0.39, 0.29) is 5.92 Å². The summed E-state index contributed by atoms with van der Waals surface area (Å²) >= 11 is 0. The van der Waals surface area contributed by atoms with Crippen LogP contribution in [0.25, 0.3) is 0 Å². The Labute approximate surface area is 154 Å². The molecule has 1 aromatic carbocycles. The first kappa shape index (κ1) is 18.1. The van der Waals surface area contributed by atoms with E-state index in [2.05, 4.69) is 20.9 Å². The van der Waals surface area contributed by atoms with Gasteiger partial charge in [-0.3, -0.25) is 4.79 Å². The lowest BCUT2D eigenvalue weighted by atomic mass is 9.91. The van der Waals surface area contributed by atoms with Gasteiger partial charge in [-0.15, -0.1) is 0 Å². The molecule has 1 fully saturated rings. The van der Waals surface area contributed by atoms with E-state index in [0.29, 0.717) is 17.8 Å². The van der Waals surface area contributed by atoms with Crippen LogP contribution < -0.4 is 4.90 Å². The number of aryl methyl sites for hydroxylation is 2. The van der Waals surface area contributed by atoms with Gasteiger partial charge in [0, 0.05) is 37.3 Å². The molecule has 1 aliphatic rings. The van der Waals surface area contributed by atoms with Crippen LogP contribution >= 0.6 is 0 Å². The highest BCUT2D eigenvalue weighted by atomic mass is 16.1. The van der Waals surface area contributed by atoms with E-state index in [4.69, 9.17) is 5.26 Å². The van der Waals surface area contributed by atoms with Crippen LogP contribution in [0.1, 0.15) is 42.5 Å². The average molecular weight is 348 g/mol. The number of carbonyl (C=O) groups is 1. The zero-order chi connectivity index (χ0) is 18.4. The standard InChI is InChI=1S/C21H24N4O/c1-16-11-12-23-21(24-16)25-13-3-5-19(15-25)20(26)6-2-4-17-7-9-18(14-22)10-8-17/h7-12,19H,2-6,13,15H2,1H3/t19-/m1/s1. The van der Waals surface area contributed by atoms with Crippen LogP contribution in [0.4, 0.5) is 5.95 Å². The molecule has 5 heteroatoms. The van der Waals surface area contributed by atoms with Crippen LogP contribution in [0.5, 0.6) is 0 Å². The SMILES string of the molecule is Cc1ccnc(N2CCC[C@@H](C(=O)CCCc3ccc(C#N)cc3)C2)n1. The lowest BCUT2D eigenvalue weighted by Crippen LogP contribution is -2.39. The summed E-state index contributed by atoms with van der Waals surface area (Å²) in [5.74, 6) is 1.16. The summed E-state index contributed by atoms with van der Waals surface area (Å²) in [5, 5.41) is 8.83. The summed E-state index contributed by atoms with van der Waals surface area (Å²) in [5.41, 5.74) is 2.80. The van der Waals surface area contributed by atoms with Crippen molar-refractivity contribution >= 4 is 11.7 Å². The molecular formula is C21H24N4O. The zero-order valence-corrected chi connectivity index (χ0v) is 15.2. The van der Waals surface area contributed by atoms with E-state index in [1.165, 1.54) is 5.56 Å². The van der Waals surface area contributed by atoms with Crippen molar-refractivity contribution in [1.82, 2.24) is 9.97 Å². The summed E-state index contributed by atoms with van der Waals surface area (Å²) in [6.45, 7) is 3.60. The molecule has 0 unspecified atom stereocenters. The van der Waals surface area contributed by atoms with Crippen LogP contribution in [0, 0.1) is 24.2 Å². The Bertz CT molecular complexity index is 794. The van der Waals surface area contributed by atoms with E-state index in [1.54, 1.807) is 6.20 Å². The van der Waals surface area contributed by atoms with Crippen LogP contribution in [0.2, 0.25) is 0 Å². The van der Waals surface area contributed by atoms with Crippen LogP contribution in [0.15, 0.2) is 36.5 Å². The van der Waals surface area contributed by atoms with Gasteiger partial charge >= 0.3 is 0 Å². The molecule has 0 radical (unpaired) electrons. The Kier molecular flexibility index (Phi) is 5.96. The largest absolute Gasteiger partial charge is 0.340 e. The Morgan fingerprint density at radius 2 is 2.12 bits per heavy atom. The van der Waals surface area contributed by atoms with Gasteiger partial charge in [0.2, 0.25) is 5.95 Å². The molecule has 0 spiro atoms. The molecule has 0 N–H and O–H groups in total. The number of aromatic nitrogens is 2. The monoisotopic (exact) mass is 348 g/mol. The summed E-state index contributed by atoms with van der Waals surface area (Å²) in [6.07, 6.45) is 6.06. The number of nitriles is 1. The van der Waals surface area contributed by atoms with Crippen molar-refractivity contribution in [2.45, 2.75) is 39.0 Å². The minimum atomic E-state index is 0.0776. The normalized spacial score (nSPS) is 16.9. The number of hydrogen-bond acceptors (Lipinski definition) is 5. The molecule has 0 bridgehead atoms. The van der Waals surface area contributed by atoms with Crippen molar-refractivity contribution in [2.24, 2.45) is 5.92 Å².